The molecule has 1 aromatic carbocycles. The minimum atomic E-state index is 0.530. The van der Waals surface area contributed by atoms with E-state index in [-0.39, 0.29) is 0 Å². The third-order valence-electron chi connectivity index (χ3n) is 1.69. The normalized spacial score (nSPS) is 17.8. The molecule has 13 heavy (non-hydrogen) atoms. The lowest BCUT2D eigenvalue weighted by Crippen LogP contribution is -2.11. The van der Waals surface area contributed by atoms with Crippen LogP contribution in [0.3, 0.4) is 0 Å². The Morgan fingerprint density at radius 3 is 2.62 bits per heavy atom. The van der Waals surface area contributed by atoms with E-state index in [4.69, 9.17) is 12.2 Å². The van der Waals surface area contributed by atoms with Crippen LogP contribution in [0.25, 0.3) is 6.08 Å². The highest BCUT2D eigenvalue weighted by Crippen LogP contribution is 2.05. The molecule has 1 N–H and O–H groups in total. The van der Waals surface area contributed by atoms with E-state index in [1.54, 1.807) is 6.21 Å². The van der Waals surface area contributed by atoms with E-state index < -0.39 is 0 Å². The summed E-state index contributed by atoms with van der Waals surface area (Å²) in [5, 5.41) is 3.50. The standard InChI is InChI=1S/C10H8N2S/c13-10-11-7-9(12-10)6-8-4-2-1-3-5-8/h1-7H,(H,12,13). The molecule has 1 aliphatic heterocycles. The summed E-state index contributed by atoms with van der Waals surface area (Å²) in [7, 11) is 0. The quantitative estimate of drug-likeness (QED) is 0.681. The second kappa shape index (κ2) is 3.49. The van der Waals surface area contributed by atoms with Gasteiger partial charge in [0.2, 0.25) is 0 Å². The Labute approximate surface area is 82.0 Å². The summed E-state index contributed by atoms with van der Waals surface area (Å²) in [4.78, 5) is 3.94. The van der Waals surface area contributed by atoms with Crippen molar-refractivity contribution in [1.29, 1.82) is 0 Å². The average Bonchev–Trinajstić information content (AvgIpc) is 2.53. The van der Waals surface area contributed by atoms with Gasteiger partial charge in [-0.2, -0.15) is 0 Å². The molecule has 0 amide bonds. The first-order valence-electron chi connectivity index (χ1n) is 3.96. The number of thiocarbonyl (C=S) groups is 1. The Hall–Kier alpha value is -1.48. The predicted octanol–water partition coefficient (Wildman–Crippen LogP) is 1.99. The summed E-state index contributed by atoms with van der Waals surface area (Å²) in [6.45, 7) is 0. The van der Waals surface area contributed by atoms with Crippen LogP contribution in [0.15, 0.2) is 41.0 Å². The highest BCUT2D eigenvalue weighted by Gasteiger charge is 2.03. The predicted molar refractivity (Wildman–Crippen MR) is 58.6 cm³/mol. The molecule has 0 spiro atoms. The monoisotopic (exact) mass is 188 g/mol. The number of benzene rings is 1. The van der Waals surface area contributed by atoms with Crippen molar-refractivity contribution >= 4 is 29.6 Å². The van der Waals surface area contributed by atoms with Crippen LogP contribution in [0.5, 0.6) is 0 Å². The summed E-state index contributed by atoms with van der Waals surface area (Å²) in [5.41, 5.74) is 2.08. The maximum atomic E-state index is 4.86. The van der Waals surface area contributed by atoms with Gasteiger partial charge in [0.15, 0.2) is 5.11 Å². The van der Waals surface area contributed by atoms with Gasteiger partial charge in [-0.1, -0.05) is 30.3 Å². The number of nitrogens with one attached hydrogen (secondary N) is 1. The molecule has 0 saturated heterocycles. The first kappa shape index (κ1) is 8.13. The Morgan fingerprint density at radius 1 is 1.23 bits per heavy atom. The smallest absolute Gasteiger partial charge is 0.197 e. The van der Waals surface area contributed by atoms with Gasteiger partial charge in [-0.15, -0.1) is 0 Å². The molecule has 0 bridgehead atoms. The molecular formula is C10H8N2S. The molecule has 3 heteroatoms. The SMILES string of the molecule is S=C1N=CC(=Cc2ccccc2)N1. The van der Waals surface area contributed by atoms with Gasteiger partial charge < -0.3 is 5.32 Å². The minimum Gasteiger partial charge on any atom is -0.330 e. The second-order valence-corrected chi connectivity index (χ2v) is 3.09. The van der Waals surface area contributed by atoms with Crippen LogP contribution >= 0.6 is 12.2 Å². The molecule has 0 unspecified atom stereocenters. The van der Waals surface area contributed by atoms with Crippen LogP contribution in [0.2, 0.25) is 0 Å². The topological polar surface area (TPSA) is 24.4 Å². The van der Waals surface area contributed by atoms with E-state index in [9.17, 15) is 0 Å². The molecule has 2 rings (SSSR count). The fraction of sp³-hybridized carbons (Fsp3) is 0. The molecule has 0 aliphatic carbocycles. The summed E-state index contributed by atoms with van der Waals surface area (Å²) < 4.78 is 0. The van der Waals surface area contributed by atoms with Gasteiger partial charge in [0.25, 0.3) is 0 Å². The molecule has 1 aromatic rings. The number of hydrogen-bond donors (Lipinski definition) is 1. The summed E-state index contributed by atoms with van der Waals surface area (Å²) in [5.74, 6) is 0. The highest BCUT2D eigenvalue weighted by molar-refractivity contribution is 7.80. The maximum Gasteiger partial charge on any atom is 0.197 e. The van der Waals surface area contributed by atoms with Gasteiger partial charge in [-0.05, 0) is 23.9 Å². The summed E-state index contributed by atoms with van der Waals surface area (Å²) in [6.07, 6.45) is 3.73. The van der Waals surface area contributed by atoms with E-state index in [1.165, 1.54) is 0 Å². The third-order valence-corrected chi connectivity index (χ3v) is 1.90. The summed E-state index contributed by atoms with van der Waals surface area (Å²) >= 11 is 4.86. The van der Waals surface area contributed by atoms with Crippen molar-refractivity contribution < 1.29 is 0 Å². The molecule has 0 aromatic heterocycles. The van der Waals surface area contributed by atoms with Gasteiger partial charge in [-0.25, -0.2) is 4.99 Å². The highest BCUT2D eigenvalue weighted by atomic mass is 32.1. The third kappa shape index (κ3) is 2.00. The Morgan fingerprint density at radius 2 is 2.00 bits per heavy atom. The minimum absolute atomic E-state index is 0.530. The fourth-order valence-electron chi connectivity index (χ4n) is 1.12. The van der Waals surface area contributed by atoms with Gasteiger partial charge in [0, 0.05) is 0 Å². The van der Waals surface area contributed by atoms with Gasteiger partial charge in [0.05, 0.1) is 11.9 Å². The zero-order valence-corrected chi connectivity index (χ0v) is 7.71. The molecule has 0 radical (unpaired) electrons. The molecule has 64 valence electrons. The lowest BCUT2D eigenvalue weighted by atomic mass is 10.2. The van der Waals surface area contributed by atoms with Crippen molar-refractivity contribution in [2.75, 3.05) is 0 Å². The zero-order valence-electron chi connectivity index (χ0n) is 6.90. The summed E-state index contributed by atoms with van der Waals surface area (Å²) in [6, 6.07) is 10.0. The van der Waals surface area contributed by atoms with Crippen molar-refractivity contribution in [3.05, 3.63) is 41.6 Å². The first-order chi connectivity index (χ1) is 6.34. The van der Waals surface area contributed by atoms with E-state index in [0.29, 0.717) is 5.11 Å². The molecule has 0 saturated carbocycles. The van der Waals surface area contributed by atoms with E-state index in [0.717, 1.165) is 11.3 Å². The van der Waals surface area contributed by atoms with Crippen molar-refractivity contribution in [3.8, 4) is 0 Å². The number of allylic oxidation sites excluding steroid dienone is 1. The van der Waals surface area contributed by atoms with Gasteiger partial charge in [-0.3, -0.25) is 0 Å². The van der Waals surface area contributed by atoms with Crippen LogP contribution in [-0.2, 0) is 0 Å². The fourth-order valence-corrected chi connectivity index (χ4v) is 1.29. The largest absolute Gasteiger partial charge is 0.330 e. The molecule has 2 nitrogen and oxygen atoms in total. The Bertz CT molecular complexity index is 379. The van der Waals surface area contributed by atoms with Crippen LogP contribution in [0.4, 0.5) is 0 Å². The molecule has 0 fully saturated rings. The van der Waals surface area contributed by atoms with Crippen molar-refractivity contribution in [2.24, 2.45) is 4.99 Å². The van der Waals surface area contributed by atoms with Crippen LogP contribution in [-0.4, -0.2) is 11.3 Å². The van der Waals surface area contributed by atoms with Crippen molar-refractivity contribution in [1.82, 2.24) is 5.32 Å². The average molecular weight is 188 g/mol. The van der Waals surface area contributed by atoms with E-state index >= 15 is 0 Å². The van der Waals surface area contributed by atoms with Crippen LogP contribution < -0.4 is 5.32 Å². The second-order valence-electron chi connectivity index (χ2n) is 2.70. The molecular weight excluding hydrogens is 180 g/mol. The molecule has 1 heterocycles. The van der Waals surface area contributed by atoms with Crippen LogP contribution in [0, 0.1) is 0 Å². The van der Waals surface area contributed by atoms with Crippen molar-refractivity contribution in [2.45, 2.75) is 0 Å². The first-order valence-corrected chi connectivity index (χ1v) is 4.37. The number of nitrogens with zero attached hydrogens (tertiary/aromatic N) is 1. The maximum absolute atomic E-state index is 4.86. The van der Waals surface area contributed by atoms with Crippen LogP contribution in [0.1, 0.15) is 5.56 Å². The Balaban J connectivity index is 2.23. The Kier molecular flexibility index (Phi) is 2.19. The zero-order chi connectivity index (χ0) is 9.10. The number of aliphatic imine (C=N–C) groups is 1. The number of hydrogen-bond acceptors (Lipinski definition) is 1. The number of rotatable bonds is 1. The van der Waals surface area contributed by atoms with Gasteiger partial charge in [0.1, 0.15) is 0 Å². The molecule has 0 atom stereocenters. The van der Waals surface area contributed by atoms with Crippen molar-refractivity contribution in [3.63, 3.8) is 0 Å². The lowest BCUT2D eigenvalue weighted by Gasteiger charge is -1.95. The van der Waals surface area contributed by atoms with E-state index in [1.807, 2.05) is 36.4 Å². The van der Waals surface area contributed by atoms with E-state index in [2.05, 4.69) is 10.3 Å². The van der Waals surface area contributed by atoms with Gasteiger partial charge >= 0.3 is 0 Å². The lowest BCUT2D eigenvalue weighted by molar-refractivity contribution is 1.29. The molecule has 1 aliphatic rings.